The highest BCUT2D eigenvalue weighted by atomic mass is 16.5. The molecule has 0 spiro atoms. The summed E-state index contributed by atoms with van der Waals surface area (Å²) < 4.78 is 5.73. The van der Waals surface area contributed by atoms with E-state index in [1.807, 2.05) is 0 Å². The normalized spacial score (nSPS) is 16.3. The number of hydrogen-bond donors (Lipinski definition) is 2. The minimum atomic E-state index is -0.192. The maximum Gasteiger partial charge on any atom is 0.269 e. The molecule has 0 atom stereocenters. The first-order valence-corrected chi connectivity index (χ1v) is 6.31. The van der Waals surface area contributed by atoms with Crippen molar-refractivity contribution in [2.75, 3.05) is 26.7 Å². The quantitative estimate of drug-likeness (QED) is 0.829. The van der Waals surface area contributed by atoms with Crippen molar-refractivity contribution >= 4 is 5.91 Å². The Bertz CT molecular complexity index is 403. The van der Waals surface area contributed by atoms with Crippen molar-refractivity contribution in [3.63, 3.8) is 0 Å². The van der Waals surface area contributed by atoms with Crippen molar-refractivity contribution in [1.82, 2.24) is 15.6 Å². The molecule has 2 rings (SSSR count). The molecule has 2 N–H and O–H groups in total. The Morgan fingerprint density at radius 2 is 2.33 bits per heavy atom. The number of nitrogens with zero attached hydrogens (tertiary/aromatic N) is 1. The van der Waals surface area contributed by atoms with E-state index in [1.165, 1.54) is 0 Å². The van der Waals surface area contributed by atoms with E-state index < -0.39 is 0 Å². The van der Waals surface area contributed by atoms with Crippen LogP contribution in [0.25, 0.3) is 0 Å². The minimum Gasteiger partial charge on any atom is -0.493 e. The second kappa shape index (κ2) is 6.35. The summed E-state index contributed by atoms with van der Waals surface area (Å²) in [6.07, 6.45) is 3.89. The molecule has 0 aromatic carbocycles. The zero-order chi connectivity index (χ0) is 12.8. The lowest BCUT2D eigenvalue weighted by Crippen LogP contribution is -2.30. The van der Waals surface area contributed by atoms with Gasteiger partial charge in [-0.15, -0.1) is 0 Å². The van der Waals surface area contributed by atoms with Gasteiger partial charge >= 0.3 is 0 Å². The number of hydrogen-bond acceptors (Lipinski definition) is 4. The van der Waals surface area contributed by atoms with Crippen LogP contribution in [0, 0.1) is 5.92 Å². The van der Waals surface area contributed by atoms with E-state index in [4.69, 9.17) is 4.74 Å². The molecule has 0 bridgehead atoms. The molecule has 5 nitrogen and oxygen atoms in total. The molecule has 0 saturated carbocycles. The van der Waals surface area contributed by atoms with Crippen LogP contribution in [0.3, 0.4) is 0 Å². The van der Waals surface area contributed by atoms with Gasteiger partial charge in [0.1, 0.15) is 11.4 Å². The Morgan fingerprint density at radius 1 is 1.56 bits per heavy atom. The van der Waals surface area contributed by atoms with Gasteiger partial charge in [0.25, 0.3) is 5.91 Å². The number of aromatic nitrogens is 1. The van der Waals surface area contributed by atoms with Crippen molar-refractivity contribution < 1.29 is 9.53 Å². The number of rotatable bonds is 4. The third-order valence-corrected chi connectivity index (χ3v) is 3.14. The van der Waals surface area contributed by atoms with E-state index in [1.54, 1.807) is 25.4 Å². The molecule has 2 heterocycles. The van der Waals surface area contributed by atoms with E-state index in [9.17, 15) is 4.79 Å². The van der Waals surface area contributed by atoms with Gasteiger partial charge in [-0.3, -0.25) is 9.78 Å². The van der Waals surface area contributed by atoms with Crippen molar-refractivity contribution in [2.24, 2.45) is 5.92 Å². The lowest BCUT2D eigenvalue weighted by Gasteiger charge is -2.22. The monoisotopic (exact) mass is 249 g/mol. The van der Waals surface area contributed by atoms with Gasteiger partial charge in [0, 0.05) is 19.3 Å². The average molecular weight is 249 g/mol. The van der Waals surface area contributed by atoms with Gasteiger partial charge < -0.3 is 15.4 Å². The summed E-state index contributed by atoms with van der Waals surface area (Å²) in [5.74, 6) is 1.12. The Morgan fingerprint density at radius 3 is 3.06 bits per heavy atom. The molecule has 1 amide bonds. The number of piperidine rings is 1. The minimum absolute atomic E-state index is 0.192. The third kappa shape index (κ3) is 3.43. The van der Waals surface area contributed by atoms with Crippen LogP contribution in [0.15, 0.2) is 18.3 Å². The summed E-state index contributed by atoms with van der Waals surface area (Å²) >= 11 is 0. The highest BCUT2D eigenvalue weighted by molar-refractivity contribution is 5.92. The molecule has 1 saturated heterocycles. The Hall–Kier alpha value is -1.62. The third-order valence-electron chi connectivity index (χ3n) is 3.14. The van der Waals surface area contributed by atoms with Gasteiger partial charge in [-0.25, -0.2) is 0 Å². The van der Waals surface area contributed by atoms with Crippen molar-refractivity contribution in [2.45, 2.75) is 12.8 Å². The lowest BCUT2D eigenvalue weighted by atomic mass is 9.99. The van der Waals surface area contributed by atoms with Crippen LogP contribution in [-0.2, 0) is 0 Å². The first-order valence-electron chi connectivity index (χ1n) is 6.31. The molecule has 1 aromatic heterocycles. The molecule has 1 aliphatic rings. The fourth-order valence-corrected chi connectivity index (χ4v) is 2.02. The SMILES string of the molecule is CNC(=O)c1cc(OCC2CCNCC2)ccn1. The molecular formula is C13H19N3O2. The van der Waals surface area contributed by atoms with Crippen LogP contribution in [0.1, 0.15) is 23.3 Å². The molecule has 5 heteroatoms. The zero-order valence-electron chi connectivity index (χ0n) is 10.6. The molecule has 0 aliphatic carbocycles. The van der Waals surface area contributed by atoms with Gasteiger partial charge in [-0.05, 0) is 37.9 Å². The smallest absolute Gasteiger partial charge is 0.269 e. The van der Waals surface area contributed by atoms with Gasteiger partial charge in [0.2, 0.25) is 0 Å². The van der Waals surface area contributed by atoms with Gasteiger partial charge in [0.05, 0.1) is 6.61 Å². The topological polar surface area (TPSA) is 63.2 Å². The lowest BCUT2D eigenvalue weighted by molar-refractivity contribution is 0.0957. The van der Waals surface area contributed by atoms with Crippen LogP contribution in [0.4, 0.5) is 0 Å². The Kier molecular flexibility index (Phi) is 4.52. The molecule has 98 valence electrons. The van der Waals surface area contributed by atoms with E-state index >= 15 is 0 Å². The Balaban J connectivity index is 1.90. The van der Waals surface area contributed by atoms with Crippen LogP contribution in [0.5, 0.6) is 5.75 Å². The fraction of sp³-hybridized carbons (Fsp3) is 0.538. The van der Waals surface area contributed by atoms with Crippen LogP contribution in [-0.4, -0.2) is 37.6 Å². The summed E-state index contributed by atoms with van der Waals surface area (Å²) in [6, 6.07) is 3.47. The summed E-state index contributed by atoms with van der Waals surface area (Å²) in [4.78, 5) is 15.4. The van der Waals surface area contributed by atoms with Gasteiger partial charge in [0.15, 0.2) is 0 Å². The molecule has 18 heavy (non-hydrogen) atoms. The predicted molar refractivity (Wildman–Crippen MR) is 68.7 cm³/mol. The molecule has 0 radical (unpaired) electrons. The molecule has 1 fully saturated rings. The summed E-state index contributed by atoms with van der Waals surface area (Å²) in [5, 5.41) is 5.87. The molecule has 0 unspecified atom stereocenters. The van der Waals surface area contributed by atoms with Crippen molar-refractivity contribution in [3.05, 3.63) is 24.0 Å². The first-order chi connectivity index (χ1) is 8.79. The molecule has 1 aromatic rings. The Labute approximate surface area is 107 Å². The first kappa shape index (κ1) is 12.8. The van der Waals surface area contributed by atoms with Gasteiger partial charge in [-0.2, -0.15) is 0 Å². The highest BCUT2D eigenvalue weighted by Crippen LogP contribution is 2.16. The van der Waals surface area contributed by atoms with Crippen LogP contribution in [0.2, 0.25) is 0 Å². The molecule has 1 aliphatic heterocycles. The summed E-state index contributed by atoms with van der Waals surface area (Å²) in [5.41, 5.74) is 0.389. The maximum absolute atomic E-state index is 11.4. The maximum atomic E-state index is 11.4. The van der Waals surface area contributed by atoms with Crippen molar-refractivity contribution in [3.8, 4) is 5.75 Å². The second-order valence-corrected chi connectivity index (χ2v) is 4.46. The van der Waals surface area contributed by atoms with Crippen LogP contribution < -0.4 is 15.4 Å². The number of amides is 1. The highest BCUT2D eigenvalue weighted by Gasteiger charge is 2.14. The number of carbonyl (C=O) groups excluding carboxylic acids is 1. The van der Waals surface area contributed by atoms with E-state index in [0.717, 1.165) is 25.9 Å². The number of ether oxygens (including phenoxy) is 1. The summed E-state index contributed by atoms with van der Waals surface area (Å²) in [7, 11) is 1.59. The second-order valence-electron chi connectivity index (χ2n) is 4.46. The summed E-state index contributed by atoms with van der Waals surface area (Å²) in [6.45, 7) is 2.83. The van der Waals surface area contributed by atoms with E-state index in [-0.39, 0.29) is 5.91 Å². The zero-order valence-corrected chi connectivity index (χ0v) is 10.6. The fourth-order valence-electron chi connectivity index (χ4n) is 2.02. The predicted octanol–water partition coefficient (Wildman–Crippen LogP) is 0.820. The van der Waals surface area contributed by atoms with E-state index in [2.05, 4.69) is 15.6 Å². The number of carbonyl (C=O) groups is 1. The van der Waals surface area contributed by atoms with Crippen LogP contribution >= 0.6 is 0 Å². The standard InChI is InChI=1S/C13H19N3O2/c1-14-13(17)12-8-11(4-7-16-12)18-9-10-2-5-15-6-3-10/h4,7-8,10,15H,2-3,5-6,9H2,1H3,(H,14,17). The average Bonchev–Trinajstić information content (AvgIpc) is 2.45. The molecular weight excluding hydrogens is 230 g/mol. The number of nitrogens with one attached hydrogen (secondary N) is 2. The van der Waals surface area contributed by atoms with E-state index in [0.29, 0.717) is 24.0 Å². The van der Waals surface area contributed by atoms with Gasteiger partial charge in [-0.1, -0.05) is 0 Å². The number of pyridine rings is 1. The van der Waals surface area contributed by atoms with Crippen molar-refractivity contribution in [1.29, 1.82) is 0 Å². The largest absolute Gasteiger partial charge is 0.493 e.